The summed E-state index contributed by atoms with van der Waals surface area (Å²) in [5, 5.41) is 26.1. The van der Waals surface area contributed by atoms with Gasteiger partial charge in [0.15, 0.2) is 29.7 Å². The van der Waals surface area contributed by atoms with Crippen molar-refractivity contribution in [2.24, 2.45) is 11.5 Å². The number of aromatic amines is 1. The molecule has 1 unspecified atom stereocenters. The second-order valence-electron chi connectivity index (χ2n) is 9.56. The second kappa shape index (κ2) is 13.9. The minimum atomic E-state index is -0.809. The zero-order valence-corrected chi connectivity index (χ0v) is 24.8. The lowest BCUT2D eigenvalue weighted by molar-refractivity contribution is -0.131. The third-order valence-corrected chi connectivity index (χ3v) is 6.41. The van der Waals surface area contributed by atoms with Crippen LogP contribution in [0.5, 0.6) is 17.2 Å². The number of aromatic nitrogens is 3. The SMILES string of the molecule is CCOc1cc(C(Nc2ccc(C(=N)N)cc2)c2nn(-c3c(OC(C)=O)cccc3C(=N)N)c(=O)[nH]2)ccc1OCC(=O)NC. The van der Waals surface area contributed by atoms with Crippen LogP contribution < -0.4 is 42.0 Å². The smallest absolute Gasteiger partial charge is 0.348 e. The van der Waals surface area contributed by atoms with Crippen molar-refractivity contribution in [3.8, 4) is 22.9 Å². The molecule has 9 N–H and O–H groups in total. The molecule has 0 bridgehead atoms. The van der Waals surface area contributed by atoms with E-state index >= 15 is 0 Å². The quantitative estimate of drug-likeness (QED) is 0.0498. The number of rotatable bonds is 13. The third-order valence-electron chi connectivity index (χ3n) is 6.41. The number of anilines is 1. The summed E-state index contributed by atoms with van der Waals surface area (Å²) in [6.07, 6.45) is 0. The molecule has 3 aromatic carbocycles. The van der Waals surface area contributed by atoms with Gasteiger partial charge in [0, 0.05) is 30.8 Å². The van der Waals surface area contributed by atoms with Gasteiger partial charge in [-0.1, -0.05) is 12.1 Å². The van der Waals surface area contributed by atoms with Gasteiger partial charge in [-0.2, -0.15) is 4.68 Å². The predicted octanol–water partition coefficient (Wildman–Crippen LogP) is 1.78. The molecule has 15 heteroatoms. The molecule has 0 aliphatic heterocycles. The Morgan fingerprint density at radius 2 is 1.73 bits per heavy atom. The van der Waals surface area contributed by atoms with Crippen LogP contribution in [0, 0.1) is 10.8 Å². The maximum absolute atomic E-state index is 13.4. The van der Waals surface area contributed by atoms with Crippen molar-refractivity contribution in [1.82, 2.24) is 20.1 Å². The van der Waals surface area contributed by atoms with Crippen molar-refractivity contribution in [3.63, 3.8) is 0 Å². The van der Waals surface area contributed by atoms with Gasteiger partial charge in [0.2, 0.25) is 0 Å². The van der Waals surface area contributed by atoms with Gasteiger partial charge in [0.05, 0.1) is 6.61 Å². The van der Waals surface area contributed by atoms with Crippen LogP contribution >= 0.6 is 0 Å². The highest BCUT2D eigenvalue weighted by Gasteiger charge is 2.25. The molecule has 1 amide bonds. The first-order valence-corrected chi connectivity index (χ1v) is 13.7. The number of para-hydroxylation sites is 1. The topological polar surface area (TPSA) is 236 Å². The van der Waals surface area contributed by atoms with E-state index in [1.165, 1.54) is 32.2 Å². The lowest BCUT2D eigenvalue weighted by Crippen LogP contribution is -2.25. The number of hydrogen-bond acceptors (Lipinski definition) is 10. The summed E-state index contributed by atoms with van der Waals surface area (Å²) in [7, 11) is 1.50. The number of H-pyrrole nitrogens is 1. The van der Waals surface area contributed by atoms with E-state index in [0.29, 0.717) is 34.9 Å². The van der Waals surface area contributed by atoms with Crippen LogP contribution in [0.3, 0.4) is 0 Å². The van der Waals surface area contributed by atoms with E-state index in [4.69, 9.17) is 36.5 Å². The first-order chi connectivity index (χ1) is 21.5. The van der Waals surface area contributed by atoms with Crippen molar-refractivity contribution in [1.29, 1.82) is 10.8 Å². The minimum absolute atomic E-state index is 0.00483. The molecule has 0 saturated heterocycles. The lowest BCUT2D eigenvalue weighted by Gasteiger charge is -2.20. The molecular weight excluding hydrogens is 582 g/mol. The number of amides is 1. The summed E-state index contributed by atoms with van der Waals surface area (Å²) in [6, 6.07) is 15.5. The average molecular weight is 616 g/mol. The number of carbonyl (C=O) groups excluding carboxylic acids is 2. The Hall–Kier alpha value is -6.12. The van der Waals surface area contributed by atoms with Crippen LogP contribution in [-0.4, -0.2) is 58.6 Å². The molecule has 1 heterocycles. The number of nitrogens with zero attached hydrogens (tertiary/aromatic N) is 2. The Bertz CT molecular complexity index is 1800. The van der Waals surface area contributed by atoms with E-state index in [1.807, 2.05) is 0 Å². The molecule has 0 aliphatic carbocycles. The molecule has 1 atom stereocenters. The first-order valence-electron chi connectivity index (χ1n) is 13.7. The van der Waals surface area contributed by atoms with Crippen LogP contribution in [0.25, 0.3) is 5.69 Å². The Morgan fingerprint density at radius 3 is 2.36 bits per heavy atom. The number of esters is 1. The van der Waals surface area contributed by atoms with Crippen LogP contribution in [0.4, 0.5) is 5.69 Å². The lowest BCUT2D eigenvalue weighted by atomic mass is 10.0. The monoisotopic (exact) mass is 615 g/mol. The van der Waals surface area contributed by atoms with Crippen molar-refractivity contribution >= 4 is 29.2 Å². The summed E-state index contributed by atoms with van der Waals surface area (Å²) in [4.78, 5) is 39.8. The third kappa shape index (κ3) is 7.45. The maximum Gasteiger partial charge on any atom is 0.348 e. The molecule has 234 valence electrons. The number of nitrogen functional groups attached to an aromatic ring is 2. The standard InChI is InChI=1S/C30H33N9O6/c1-4-43-23-14-18(10-13-21(23)44-15-24(41)35-3)25(36-19-11-8-17(9-12-19)27(31)32)29-37-30(42)39(38-29)26-20(28(33)34)6-5-7-22(26)45-16(2)40/h5-14,25,36H,4,15H2,1-3H3,(H3,31,32)(H3,33,34)(H,35,41)(H,37,38,42). The van der Waals surface area contributed by atoms with E-state index < -0.39 is 17.7 Å². The Kier molecular flexibility index (Phi) is 9.83. The molecule has 45 heavy (non-hydrogen) atoms. The van der Waals surface area contributed by atoms with E-state index in [1.54, 1.807) is 49.4 Å². The van der Waals surface area contributed by atoms with Crippen molar-refractivity contribution in [3.05, 3.63) is 93.7 Å². The molecule has 4 rings (SSSR count). The molecular formula is C30H33N9O6. The number of likely N-dealkylation sites (N-methyl/N-ethyl adjacent to an activating group) is 1. The fourth-order valence-electron chi connectivity index (χ4n) is 4.35. The van der Waals surface area contributed by atoms with E-state index in [-0.39, 0.29) is 47.0 Å². The highest BCUT2D eigenvalue weighted by molar-refractivity contribution is 5.99. The van der Waals surface area contributed by atoms with Gasteiger partial charge in [0.25, 0.3) is 5.91 Å². The minimum Gasteiger partial charge on any atom is -0.490 e. The van der Waals surface area contributed by atoms with Gasteiger partial charge in [-0.15, -0.1) is 5.10 Å². The maximum atomic E-state index is 13.4. The molecule has 0 radical (unpaired) electrons. The number of carbonyl (C=O) groups is 2. The summed E-state index contributed by atoms with van der Waals surface area (Å²) in [6.45, 7) is 3.08. The first kappa shape index (κ1) is 31.8. The second-order valence-corrected chi connectivity index (χ2v) is 9.56. The van der Waals surface area contributed by atoms with Crippen molar-refractivity contribution in [2.75, 3.05) is 25.6 Å². The van der Waals surface area contributed by atoms with Crippen LogP contribution in [0.2, 0.25) is 0 Å². The van der Waals surface area contributed by atoms with Gasteiger partial charge in [-0.25, -0.2) is 4.79 Å². The van der Waals surface area contributed by atoms with Gasteiger partial charge < -0.3 is 36.3 Å². The Labute approximate surface area is 257 Å². The van der Waals surface area contributed by atoms with Gasteiger partial charge in [0.1, 0.15) is 23.4 Å². The largest absolute Gasteiger partial charge is 0.490 e. The van der Waals surface area contributed by atoms with Crippen molar-refractivity contribution in [2.45, 2.75) is 19.9 Å². The van der Waals surface area contributed by atoms with E-state index in [9.17, 15) is 14.4 Å². The normalized spacial score (nSPS) is 11.3. The summed E-state index contributed by atoms with van der Waals surface area (Å²) < 4.78 is 17.8. The molecule has 1 aromatic heterocycles. The van der Waals surface area contributed by atoms with Crippen molar-refractivity contribution < 1.29 is 23.8 Å². The zero-order valence-electron chi connectivity index (χ0n) is 24.8. The molecule has 4 aromatic rings. The summed E-state index contributed by atoms with van der Waals surface area (Å²) >= 11 is 0. The Morgan fingerprint density at radius 1 is 1.00 bits per heavy atom. The van der Waals surface area contributed by atoms with Gasteiger partial charge in [-0.05, 0) is 61.0 Å². The molecule has 0 fully saturated rings. The van der Waals surface area contributed by atoms with Crippen LogP contribution in [0.15, 0.2) is 65.5 Å². The van der Waals surface area contributed by atoms with Gasteiger partial charge in [-0.3, -0.25) is 25.4 Å². The number of nitrogens with two attached hydrogens (primary N) is 2. The molecule has 0 aliphatic rings. The number of hydrogen-bond donors (Lipinski definition) is 7. The summed E-state index contributed by atoms with van der Waals surface area (Å²) in [5.74, 6) is -0.631. The fraction of sp³-hybridized carbons (Fsp3) is 0.200. The number of nitrogens with one attached hydrogen (secondary N) is 5. The Balaban J connectivity index is 1.86. The fourth-order valence-corrected chi connectivity index (χ4v) is 4.35. The van der Waals surface area contributed by atoms with E-state index in [2.05, 4.69) is 20.7 Å². The number of benzene rings is 3. The van der Waals surface area contributed by atoms with Crippen LogP contribution in [0.1, 0.15) is 42.4 Å². The molecule has 0 spiro atoms. The van der Waals surface area contributed by atoms with Crippen LogP contribution in [-0.2, 0) is 9.59 Å². The highest BCUT2D eigenvalue weighted by atomic mass is 16.5. The average Bonchev–Trinajstić information content (AvgIpc) is 3.39. The highest BCUT2D eigenvalue weighted by Crippen LogP contribution is 2.34. The number of amidine groups is 2. The zero-order chi connectivity index (χ0) is 32.7. The van der Waals surface area contributed by atoms with Gasteiger partial charge >= 0.3 is 11.7 Å². The predicted molar refractivity (Wildman–Crippen MR) is 167 cm³/mol. The molecule has 0 saturated carbocycles. The summed E-state index contributed by atoms with van der Waals surface area (Å²) in [5.41, 5.74) is 12.6. The van der Waals surface area contributed by atoms with E-state index in [0.717, 1.165) is 4.68 Å². The molecule has 15 nitrogen and oxygen atoms in total. The number of ether oxygens (including phenoxy) is 3.